The fraction of sp³-hybridized carbons (Fsp3) is 0.100. The first-order chi connectivity index (χ1) is 9.05. The Hall–Kier alpha value is -2.58. The maximum atomic E-state index is 12.9. The Labute approximate surface area is 104 Å². The van der Waals surface area contributed by atoms with Crippen molar-refractivity contribution in [3.05, 3.63) is 36.4 Å². The molecule has 0 aliphatic rings. The van der Waals surface area contributed by atoms with Crippen molar-refractivity contribution in [3.63, 3.8) is 0 Å². The molecule has 0 bridgehead atoms. The van der Waals surface area contributed by atoms with E-state index in [0.717, 1.165) is 6.07 Å². The third kappa shape index (κ3) is 1.98. The van der Waals surface area contributed by atoms with Gasteiger partial charge in [-0.15, -0.1) is 10.2 Å². The summed E-state index contributed by atoms with van der Waals surface area (Å²) in [7, 11) is 0. The van der Waals surface area contributed by atoms with E-state index in [1.165, 1.54) is 29.3 Å². The number of rotatable bonds is 1. The lowest BCUT2D eigenvalue weighted by atomic mass is 10.1. The van der Waals surface area contributed by atoms with Gasteiger partial charge in [0.15, 0.2) is 0 Å². The monoisotopic (exact) mass is 266 g/mol. The van der Waals surface area contributed by atoms with Gasteiger partial charge in [-0.2, -0.15) is 22.8 Å². The van der Waals surface area contributed by atoms with Crippen LogP contribution in [0.25, 0.3) is 17.2 Å². The van der Waals surface area contributed by atoms with Crippen molar-refractivity contribution in [3.8, 4) is 11.4 Å². The van der Waals surface area contributed by atoms with Crippen molar-refractivity contribution < 1.29 is 13.2 Å². The fourth-order valence-corrected chi connectivity index (χ4v) is 1.58. The number of hydrogen-bond donors (Lipinski definition) is 0. The van der Waals surface area contributed by atoms with Crippen LogP contribution in [0.1, 0.15) is 5.56 Å². The minimum absolute atomic E-state index is 0.00609. The molecular formula is C10H5F3N6. The van der Waals surface area contributed by atoms with E-state index in [0.29, 0.717) is 0 Å². The molecule has 3 heterocycles. The lowest BCUT2D eigenvalue weighted by Crippen LogP contribution is -2.09. The van der Waals surface area contributed by atoms with Crippen molar-refractivity contribution in [1.82, 2.24) is 29.8 Å². The van der Waals surface area contributed by atoms with Crippen LogP contribution in [0.15, 0.2) is 30.9 Å². The maximum Gasteiger partial charge on any atom is 0.418 e. The number of nitrogens with zero attached hydrogens (tertiary/aromatic N) is 6. The summed E-state index contributed by atoms with van der Waals surface area (Å²) in [5, 5.41) is 11.0. The maximum absolute atomic E-state index is 12.9. The van der Waals surface area contributed by atoms with E-state index in [1.807, 2.05) is 0 Å². The molecule has 0 fully saturated rings. The summed E-state index contributed by atoms with van der Waals surface area (Å²) >= 11 is 0. The SMILES string of the molecule is FC(F)(F)c1cccnc1-c1cnn2cnnc2n1. The average Bonchev–Trinajstić information content (AvgIpc) is 2.85. The van der Waals surface area contributed by atoms with Gasteiger partial charge in [-0.05, 0) is 12.1 Å². The molecule has 3 aromatic heterocycles. The van der Waals surface area contributed by atoms with Crippen molar-refractivity contribution in [2.45, 2.75) is 6.18 Å². The van der Waals surface area contributed by atoms with Gasteiger partial charge in [0.2, 0.25) is 0 Å². The number of pyridine rings is 1. The lowest BCUT2D eigenvalue weighted by molar-refractivity contribution is -0.137. The van der Waals surface area contributed by atoms with E-state index in [4.69, 9.17) is 0 Å². The molecule has 3 aromatic rings. The zero-order chi connectivity index (χ0) is 13.5. The first kappa shape index (κ1) is 11.5. The summed E-state index contributed by atoms with van der Waals surface area (Å²) in [5.41, 5.74) is -1.16. The highest BCUT2D eigenvalue weighted by molar-refractivity contribution is 5.59. The summed E-state index contributed by atoms with van der Waals surface area (Å²) in [6.07, 6.45) is -0.755. The van der Waals surface area contributed by atoms with Crippen LogP contribution in [0, 0.1) is 0 Å². The summed E-state index contributed by atoms with van der Waals surface area (Å²) in [6.45, 7) is 0. The van der Waals surface area contributed by atoms with Gasteiger partial charge in [-0.3, -0.25) is 4.98 Å². The van der Waals surface area contributed by atoms with Gasteiger partial charge < -0.3 is 0 Å². The number of hydrogen-bond acceptors (Lipinski definition) is 5. The predicted molar refractivity (Wildman–Crippen MR) is 56.8 cm³/mol. The molecule has 0 saturated carbocycles. The Bertz CT molecular complexity index is 735. The van der Waals surface area contributed by atoms with Crippen molar-refractivity contribution in [1.29, 1.82) is 0 Å². The van der Waals surface area contributed by atoms with Crippen LogP contribution >= 0.6 is 0 Å². The summed E-state index contributed by atoms with van der Waals surface area (Å²) in [4.78, 5) is 7.67. The quantitative estimate of drug-likeness (QED) is 0.669. The van der Waals surface area contributed by atoms with Crippen LogP contribution in [0.4, 0.5) is 13.2 Å². The van der Waals surface area contributed by atoms with E-state index in [2.05, 4.69) is 25.3 Å². The van der Waals surface area contributed by atoms with Crippen LogP contribution in [0.3, 0.4) is 0 Å². The predicted octanol–water partition coefficient (Wildman–Crippen LogP) is 1.60. The Balaban J connectivity index is 2.21. The van der Waals surface area contributed by atoms with E-state index >= 15 is 0 Å². The van der Waals surface area contributed by atoms with Gasteiger partial charge in [0.05, 0.1) is 11.8 Å². The van der Waals surface area contributed by atoms with Gasteiger partial charge in [0, 0.05) is 6.20 Å². The van der Waals surface area contributed by atoms with E-state index in [-0.39, 0.29) is 17.2 Å². The van der Waals surface area contributed by atoms with Gasteiger partial charge in [-0.25, -0.2) is 4.98 Å². The number of fused-ring (bicyclic) bond motifs is 1. The molecule has 3 rings (SSSR count). The summed E-state index contributed by atoms with van der Waals surface area (Å²) < 4.78 is 39.8. The molecule has 0 N–H and O–H groups in total. The highest BCUT2D eigenvalue weighted by Gasteiger charge is 2.34. The third-order valence-electron chi connectivity index (χ3n) is 2.39. The second kappa shape index (κ2) is 3.97. The molecule has 0 unspecified atom stereocenters. The molecule has 19 heavy (non-hydrogen) atoms. The topological polar surface area (TPSA) is 68.9 Å². The molecule has 0 radical (unpaired) electrons. The zero-order valence-corrected chi connectivity index (χ0v) is 9.20. The summed E-state index contributed by atoms with van der Waals surface area (Å²) in [5.74, 6) is 0.108. The Morgan fingerprint density at radius 3 is 2.84 bits per heavy atom. The van der Waals surface area contributed by atoms with Crippen molar-refractivity contribution in [2.24, 2.45) is 0 Å². The average molecular weight is 266 g/mol. The molecule has 0 saturated heterocycles. The van der Waals surface area contributed by atoms with Crippen molar-refractivity contribution >= 4 is 5.78 Å². The lowest BCUT2D eigenvalue weighted by Gasteiger charge is -2.10. The van der Waals surface area contributed by atoms with Crippen LogP contribution < -0.4 is 0 Å². The summed E-state index contributed by atoms with van der Waals surface area (Å²) in [6, 6.07) is 2.16. The molecule has 0 aliphatic heterocycles. The number of aromatic nitrogens is 6. The second-order valence-electron chi connectivity index (χ2n) is 3.61. The molecule has 0 aliphatic carbocycles. The first-order valence-electron chi connectivity index (χ1n) is 5.11. The third-order valence-corrected chi connectivity index (χ3v) is 2.39. The standard InChI is InChI=1S/C10H5F3N6/c11-10(12,13)6-2-1-3-14-8(6)7-4-16-19-5-15-18-9(19)17-7/h1-5H. The molecule has 0 amide bonds. The number of halogens is 3. The molecule has 6 nitrogen and oxygen atoms in total. The smallest absolute Gasteiger partial charge is 0.254 e. The molecule has 9 heteroatoms. The Kier molecular flexibility index (Phi) is 2.40. The van der Waals surface area contributed by atoms with Gasteiger partial charge in [0.1, 0.15) is 17.7 Å². The van der Waals surface area contributed by atoms with E-state index in [9.17, 15) is 13.2 Å². The molecule has 0 spiro atoms. The van der Waals surface area contributed by atoms with Crippen molar-refractivity contribution in [2.75, 3.05) is 0 Å². The van der Waals surface area contributed by atoms with Gasteiger partial charge in [0.25, 0.3) is 5.78 Å². The molecular weight excluding hydrogens is 261 g/mol. The van der Waals surface area contributed by atoms with Crippen LogP contribution in [0.2, 0.25) is 0 Å². The fourth-order valence-electron chi connectivity index (χ4n) is 1.58. The van der Waals surface area contributed by atoms with Gasteiger partial charge in [-0.1, -0.05) is 0 Å². The Morgan fingerprint density at radius 1 is 1.21 bits per heavy atom. The van der Waals surface area contributed by atoms with E-state index in [1.54, 1.807) is 0 Å². The van der Waals surface area contributed by atoms with E-state index < -0.39 is 11.7 Å². The van der Waals surface area contributed by atoms with Gasteiger partial charge >= 0.3 is 6.18 Å². The zero-order valence-electron chi connectivity index (χ0n) is 9.20. The second-order valence-corrected chi connectivity index (χ2v) is 3.61. The Morgan fingerprint density at radius 2 is 2.05 bits per heavy atom. The minimum Gasteiger partial charge on any atom is -0.254 e. The van der Waals surface area contributed by atoms with Crippen LogP contribution in [0.5, 0.6) is 0 Å². The largest absolute Gasteiger partial charge is 0.418 e. The number of alkyl halides is 3. The first-order valence-corrected chi connectivity index (χ1v) is 5.11. The molecule has 96 valence electrons. The highest BCUT2D eigenvalue weighted by Crippen LogP contribution is 2.34. The highest BCUT2D eigenvalue weighted by atomic mass is 19.4. The molecule has 0 atom stereocenters. The molecule has 0 aromatic carbocycles. The van der Waals surface area contributed by atoms with Crippen LogP contribution in [-0.2, 0) is 6.18 Å². The minimum atomic E-state index is -4.51. The normalized spacial score (nSPS) is 11.9. The van der Waals surface area contributed by atoms with Crippen LogP contribution in [-0.4, -0.2) is 29.8 Å².